The summed E-state index contributed by atoms with van der Waals surface area (Å²) in [5.41, 5.74) is 1.21. The summed E-state index contributed by atoms with van der Waals surface area (Å²) in [5, 5.41) is 0. The van der Waals surface area contributed by atoms with Crippen LogP contribution in [0.25, 0.3) is 0 Å². The van der Waals surface area contributed by atoms with Gasteiger partial charge in [0, 0.05) is 6.20 Å². The Hall–Kier alpha value is -1.05. The molecule has 0 saturated heterocycles. The molecule has 0 aliphatic carbocycles. The second kappa shape index (κ2) is 6.46. The molecule has 2 nitrogen and oxygen atoms in total. The van der Waals surface area contributed by atoms with Crippen molar-refractivity contribution in [3.05, 3.63) is 24.0 Å². The van der Waals surface area contributed by atoms with Gasteiger partial charge in [0.15, 0.2) is 0 Å². The van der Waals surface area contributed by atoms with Crippen molar-refractivity contribution in [2.24, 2.45) is 0 Å². The SMILES string of the molecule is CC.COc1cnccc1C(C)C. The molecule has 13 heavy (non-hydrogen) atoms. The number of hydrogen-bond acceptors (Lipinski definition) is 2. The Balaban J connectivity index is 0.000000671. The van der Waals surface area contributed by atoms with Crippen LogP contribution in [0.3, 0.4) is 0 Å². The van der Waals surface area contributed by atoms with Crippen molar-refractivity contribution in [2.75, 3.05) is 7.11 Å². The molecule has 0 unspecified atom stereocenters. The number of hydrogen-bond donors (Lipinski definition) is 0. The summed E-state index contributed by atoms with van der Waals surface area (Å²) >= 11 is 0. The van der Waals surface area contributed by atoms with Gasteiger partial charge in [-0.25, -0.2) is 0 Å². The van der Waals surface area contributed by atoms with Crippen molar-refractivity contribution in [1.29, 1.82) is 0 Å². The molecule has 1 heterocycles. The van der Waals surface area contributed by atoms with Gasteiger partial charge in [0.05, 0.1) is 13.3 Å². The van der Waals surface area contributed by atoms with E-state index in [2.05, 4.69) is 18.8 Å². The van der Waals surface area contributed by atoms with Crippen molar-refractivity contribution in [1.82, 2.24) is 4.98 Å². The van der Waals surface area contributed by atoms with E-state index in [1.54, 1.807) is 19.5 Å². The van der Waals surface area contributed by atoms with Gasteiger partial charge in [0.25, 0.3) is 0 Å². The van der Waals surface area contributed by atoms with Gasteiger partial charge < -0.3 is 4.74 Å². The zero-order valence-corrected chi connectivity index (χ0v) is 9.16. The van der Waals surface area contributed by atoms with Gasteiger partial charge in [-0.1, -0.05) is 27.7 Å². The molecular formula is C11H19NO. The van der Waals surface area contributed by atoms with Crippen molar-refractivity contribution in [3.63, 3.8) is 0 Å². The average Bonchev–Trinajstić information content (AvgIpc) is 2.20. The molecule has 0 fully saturated rings. The largest absolute Gasteiger partial charge is 0.495 e. The van der Waals surface area contributed by atoms with E-state index in [0.717, 1.165) is 5.75 Å². The fourth-order valence-electron chi connectivity index (χ4n) is 1.04. The Morgan fingerprint density at radius 1 is 1.31 bits per heavy atom. The molecule has 0 radical (unpaired) electrons. The lowest BCUT2D eigenvalue weighted by Gasteiger charge is -2.09. The van der Waals surface area contributed by atoms with Crippen molar-refractivity contribution in [2.45, 2.75) is 33.6 Å². The predicted octanol–water partition coefficient (Wildman–Crippen LogP) is 3.24. The molecule has 1 aromatic rings. The highest BCUT2D eigenvalue weighted by Crippen LogP contribution is 2.23. The molecule has 1 rings (SSSR count). The average molecular weight is 181 g/mol. The first-order valence-corrected chi connectivity index (χ1v) is 4.73. The van der Waals surface area contributed by atoms with Crippen molar-refractivity contribution < 1.29 is 4.74 Å². The molecule has 2 heteroatoms. The maximum atomic E-state index is 5.14. The van der Waals surface area contributed by atoms with E-state index in [-0.39, 0.29) is 0 Å². The molecule has 0 aromatic carbocycles. The molecule has 74 valence electrons. The van der Waals surface area contributed by atoms with Crippen LogP contribution in [0.1, 0.15) is 39.2 Å². The second-order valence-electron chi connectivity index (χ2n) is 2.77. The Labute approximate surface area is 81.0 Å². The molecular weight excluding hydrogens is 162 g/mol. The van der Waals surface area contributed by atoms with E-state index in [4.69, 9.17) is 4.74 Å². The summed E-state index contributed by atoms with van der Waals surface area (Å²) in [6.07, 6.45) is 3.53. The third-order valence-corrected chi connectivity index (χ3v) is 1.66. The molecule has 0 spiro atoms. The quantitative estimate of drug-likeness (QED) is 0.698. The Kier molecular flexibility index (Phi) is 5.94. The standard InChI is InChI=1S/C9H13NO.C2H6/c1-7(2)8-4-5-10-6-9(8)11-3;1-2/h4-7H,1-3H3;1-2H3. The minimum absolute atomic E-state index is 0.493. The maximum Gasteiger partial charge on any atom is 0.140 e. The second-order valence-corrected chi connectivity index (χ2v) is 2.77. The lowest BCUT2D eigenvalue weighted by atomic mass is 10.0. The minimum Gasteiger partial charge on any atom is -0.495 e. The van der Waals surface area contributed by atoms with Gasteiger partial charge in [-0.2, -0.15) is 0 Å². The van der Waals surface area contributed by atoms with E-state index in [0.29, 0.717) is 5.92 Å². The van der Waals surface area contributed by atoms with Gasteiger partial charge in [-0.15, -0.1) is 0 Å². The van der Waals surface area contributed by atoms with Gasteiger partial charge in [-0.3, -0.25) is 4.98 Å². The van der Waals surface area contributed by atoms with Crippen LogP contribution >= 0.6 is 0 Å². The van der Waals surface area contributed by atoms with Crippen LogP contribution in [0.15, 0.2) is 18.5 Å². The third kappa shape index (κ3) is 3.45. The van der Waals surface area contributed by atoms with Gasteiger partial charge in [0.1, 0.15) is 5.75 Å². The number of pyridine rings is 1. The molecule has 0 atom stereocenters. The molecule has 0 N–H and O–H groups in total. The van der Waals surface area contributed by atoms with E-state index in [1.165, 1.54) is 5.56 Å². The fraction of sp³-hybridized carbons (Fsp3) is 0.545. The highest BCUT2D eigenvalue weighted by atomic mass is 16.5. The van der Waals surface area contributed by atoms with Crippen molar-refractivity contribution in [3.8, 4) is 5.75 Å². The zero-order chi connectivity index (χ0) is 10.3. The summed E-state index contributed by atoms with van der Waals surface area (Å²) in [6.45, 7) is 8.27. The van der Waals surface area contributed by atoms with E-state index in [1.807, 2.05) is 19.9 Å². The minimum atomic E-state index is 0.493. The highest BCUT2D eigenvalue weighted by molar-refractivity contribution is 5.32. The van der Waals surface area contributed by atoms with Gasteiger partial charge in [-0.05, 0) is 17.5 Å². The smallest absolute Gasteiger partial charge is 0.140 e. The zero-order valence-electron chi connectivity index (χ0n) is 9.16. The number of nitrogens with zero attached hydrogens (tertiary/aromatic N) is 1. The van der Waals surface area contributed by atoms with Crippen LogP contribution in [0.4, 0.5) is 0 Å². The highest BCUT2D eigenvalue weighted by Gasteiger charge is 2.04. The topological polar surface area (TPSA) is 22.1 Å². The first-order valence-electron chi connectivity index (χ1n) is 4.73. The molecule has 0 aliphatic heterocycles. The van der Waals surface area contributed by atoms with E-state index in [9.17, 15) is 0 Å². The first-order chi connectivity index (χ1) is 6.25. The van der Waals surface area contributed by atoms with Crippen LogP contribution < -0.4 is 4.74 Å². The van der Waals surface area contributed by atoms with Crippen molar-refractivity contribution >= 4 is 0 Å². The third-order valence-electron chi connectivity index (χ3n) is 1.66. The normalized spacial score (nSPS) is 9.08. The maximum absolute atomic E-state index is 5.14. The number of methoxy groups -OCH3 is 1. The summed E-state index contributed by atoms with van der Waals surface area (Å²) in [5.74, 6) is 1.37. The van der Waals surface area contributed by atoms with E-state index >= 15 is 0 Å². The summed E-state index contributed by atoms with van der Waals surface area (Å²) in [6, 6.07) is 1.99. The Morgan fingerprint density at radius 2 is 1.92 bits per heavy atom. The molecule has 1 aromatic heterocycles. The van der Waals surface area contributed by atoms with Crippen LogP contribution in [-0.4, -0.2) is 12.1 Å². The van der Waals surface area contributed by atoms with Crippen LogP contribution in [0, 0.1) is 0 Å². The predicted molar refractivity (Wildman–Crippen MR) is 56.2 cm³/mol. The monoisotopic (exact) mass is 181 g/mol. The lowest BCUT2D eigenvalue weighted by Crippen LogP contribution is -1.94. The van der Waals surface area contributed by atoms with Crippen LogP contribution in [0.2, 0.25) is 0 Å². The number of aromatic nitrogens is 1. The van der Waals surface area contributed by atoms with Crippen LogP contribution in [-0.2, 0) is 0 Å². The van der Waals surface area contributed by atoms with Gasteiger partial charge in [0.2, 0.25) is 0 Å². The molecule has 0 bridgehead atoms. The number of ether oxygens (including phenoxy) is 1. The summed E-state index contributed by atoms with van der Waals surface area (Å²) < 4.78 is 5.14. The molecule has 0 aliphatic rings. The summed E-state index contributed by atoms with van der Waals surface area (Å²) in [7, 11) is 1.67. The summed E-state index contributed by atoms with van der Waals surface area (Å²) in [4.78, 5) is 3.97. The van der Waals surface area contributed by atoms with Gasteiger partial charge >= 0.3 is 0 Å². The fourth-order valence-corrected chi connectivity index (χ4v) is 1.04. The Bertz CT molecular complexity index is 233. The first kappa shape index (κ1) is 11.9. The molecule has 0 saturated carbocycles. The van der Waals surface area contributed by atoms with Crippen LogP contribution in [0.5, 0.6) is 5.75 Å². The number of rotatable bonds is 2. The lowest BCUT2D eigenvalue weighted by molar-refractivity contribution is 0.405. The Morgan fingerprint density at radius 3 is 2.31 bits per heavy atom. The molecule has 0 amide bonds. The van der Waals surface area contributed by atoms with E-state index < -0.39 is 0 Å².